The summed E-state index contributed by atoms with van der Waals surface area (Å²) < 4.78 is 0.577. The summed E-state index contributed by atoms with van der Waals surface area (Å²) in [7, 11) is 0. The predicted molar refractivity (Wildman–Crippen MR) is 74.5 cm³/mol. The van der Waals surface area contributed by atoms with Crippen molar-refractivity contribution in [3.63, 3.8) is 0 Å². The lowest BCUT2D eigenvalue weighted by molar-refractivity contribution is -0.384. The summed E-state index contributed by atoms with van der Waals surface area (Å²) in [6.07, 6.45) is 2.36. The third-order valence-corrected chi connectivity index (χ3v) is 2.85. The molecule has 0 saturated carbocycles. The lowest BCUT2D eigenvalue weighted by Gasteiger charge is -2.19. The van der Waals surface area contributed by atoms with Crippen LogP contribution in [-0.2, 0) is 0 Å². The molecule has 0 saturated heterocycles. The van der Waals surface area contributed by atoms with Crippen molar-refractivity contribution in [3.05, 3.63) is 26.9 Å². The fourth-order valence-corrected chi connectivity index (χ4v) is 1.97. The molecule has 0 aromatic carbocycles. The quantitative estimate of drug-likeness (QED) is 0.621. The van der Waals surface area contributed by atoms with Gasteiger partial charge in [-0.25, -0.2) is 4.98 Å². The van der Waals surface area contributed by atoms with Crippen molar-refractivity contribution >= 4 is 27.4 Å². The number of hydrogen-bond acceptors (Lipinski definition) is 5. The molecule has 1 unspecified atom stereocenters. The Morgan fingerprint density at radius 1 is 1.61 bits per heavy atom. The van der Waals surface area contributed by atoms with E-state index in [1.807, 2.05) is 0 Å². The van der Waals surface area contributed by atoms with Gasteiger partial charge in [-0.15, -0.1) is 0 Å². The fraction of sp³-hybridized carbons (Fsp3) is 0.545. The van der Waals surface area contributed by atoms with Gasteiger partial charge in [0, 0.05) is 29.3 Å². The molecule has 100 valence electrons. The topological polar surface area (TPSA) is 94.1 Å². The van der Waals surface area contributed by atoms with Gasteiger partial charge in [0.1, 0.15) is 0 Å². The molecule has 6 nitrogen and oxygen atoms in total. The molecule has 1 rings (SSSR count). The standard InChI is InChI=1S/C11H17BrN4O2/c1-7(2)3-9(5-13)15-11-10(16(17)18)4-8(12)6-14-11/h4,6-7,9H,3,5,13H2,1-2H3,(H,14,15). The minimum Gasteiger partial charge on any atom is -0.360 e. The van der Waals surface area contributed by atoms with Gasteiger partial charge < -0.3 is 11.1 Å². The van der Waals surface area contributed by atoms with Crippen molar-refractivity contribution in [2.24, 2.45) is 11.7 Å². The first-order chi connectivity index (χ1) is 8.43. The van der Waals surface area contributed by atoms with Crippen LogP contribution in [0, 0.1) is 16.0 Å². The van der Waals surface area contributed by atoms with E-state index in [4.69, 9.17) is 5.73 Å². The molecule has 18 heavy (non-hydrogen) atoms. The molecule has 7 heteroatoms. The third-order valence-electron chi connectivity index (χ3n) is 2.41. The van der Waals surface area contributed by atoms with Crippen molar-refractivity contribution in [2.45, 2.75) is 26.3 Å². The van der Waals surface area contributed by atoms with Crippen LogP contribution in [0.25, 0.3) is 0 Å². The Kier molecular flexibility index (Phi) is 5.49. The van der Waals surface area contributed by atoms with Crippen molar-refractivity contribution in [2.75, 3.05) is 11.9 Å². The number of halogens is 1. The Labute approximate surface area is 114 Å². The zero-order chi connectivity index (χ0) is 13.7. The number of nitrogens with two attached hydrogens (primary N) is 1. The molecule has 0 aliphatic heterocycles. The number of nitrogens with zero attached hydrogens (tertiary/aromatic N) is 2. The maximum atomic E-state index is 10.9. The molecule has 0 aliphatic rings. The Balaban J connectivity index is 2.91. The Bertz CT molecular complexity index is 426. The van der Waals surface area contributed by atoms with E-state index < -0.39 is 4.92 Å². The molecule has 0 amide bonds. The van der Waals surface area contributed by atoms with Crippen molar-refractivity contribution in [1.29, 1.82) is 0 Å². The second kappa shape index (κ2) is 6.65. The van der Waals surface area contributed by atoms with E-state index in [1.54, 1.807) is 0 Å². The molecule has 0 radical (unpaired) electrons. The SMILES string of the molecule is CC(C)CC(CN)Nc1ncc(Br)cc1[N+](=O)[O-]. The van der Waals surface area contributed by atoms with Crippen molar-refractivity contribution < 1.29 is 4.92 Å². The highest BCUT2D eigenvalue weighted by molar-refractivity contribution is 9.10. The highest BCUT2D eigenvalue weighted by Crippen LogP contribution is 2.26. The largest absolute Gasteiger partial charge is 0.360 e. The van der Waals surface area contributed by atoms with Crippen LogP contribution in [0.3, 0.4) is 0 Å². The van der Waals surface area contributed by atoms with Crippen molar-refractivity contribution in [1.82, 2.24) is 4.98 Å². The molecule has 1 aromatic heterocycles. The van der Waals surface area contributed by atoms with Gasteiger partial charge in [0.2, 0.25) is 5.82 Å². The Morgan fingerprint density at radius 2 is 2.28 bits per heavy atom. The van der Waals surface area contributed by atoms with Crippen molar-refractivity contribution in [3.8, 4) is 0 Å². The van der Waals surface area contributed by atoms with Gasteiger partial charge in [0.05, 0.1) is 4.92 Å². The number of anilines is 1. The third kappa shape index (κ3) is 4.23. The number of rotatable bonds is 6. The van der Waals surface area contributed by atoms with Crippen LogP contribution in [0.15, 0.2) is 16.7 Å². The van der Waals surface area contributed by atoms with E-state index in [-0.39, 0.29) is 17.5 Å². The molecule has 1 heterocycles. The number of nitrogens with one attached hydrogen (secondary N) is 1. The highest BCUT2D eigenvalue weighted by Gasteiger charge is 2.19. The summed E-state index contributed by atoms with van der Waals surface area (Å²) in [6, 6.07) is 1.41. The van der Waals surface area contributed by atoms with Gasteiger partial charge in [-0.05, 0) is 28.3 Å². The van der Waals surface area contributed by atoms with Crippen LogP contribution in [0.4, 0.5) is 11.5 Å². The molecule has 0 aliphatic carbocycles. The van der Waals surface area contributed by atoms with E-state index in [0.717, 1.165) is 6.42 Å². The van der Waals surface area contributed by atoms with Gasteiger partial charge in [-0.2, -0.15) is 0 Å². The average Bonchev–Trinajstić information content (AvgIpc) is 2.29. The summed E-state index contributed by atoms with van der Waals surface area (Å²) >= 11 is 3.17. The van der Waals surface area contributed by atoms with E-state index in [1.165, 1.54) is 12.3 Å². The Hall–Kier alpha value is -1.21. The summed E-state index contributed by atoms with van der Waals surface area (Å²) in [5.41, 5.74) is 5.61. The van der Waals surface area contributed by atoms with Crippen LogP contribution >= 0.6 is 15.9 Å². The van der Waals surface area contributed by atoms with Gasteiger partial charge in [0.15, 0.2) is 0 Å². The van der Waals surface area contributed by atoms with E-state index in [9.17, 15) is 10.1 Å². The van der Waals surface area contributed by atoms with Crippen LogP contribution in [-0.4, -0.2) is 22.5 Å². The van der Waals surface area contributed by atoms with Crippen LogP contribution in [0.5, 0.6) is 0 Å². The van der Waals surface area contributed by atoms with Crippen LogP contribution in [0.2, 0.25) is 0 Å². The number of hydrogen-bond donors (Lipinski definition) is 2. The van der Waals surface area contributed by atoms with Gasteiger partial charge in [0.25, 0.3) is 0 Å². The molecule has 0 bridgehead atoms. The summed E-state index contributed by atoms with van der Waals surface area (Å²) in [4.78, 5) is 14.5. The number of pyridine rings is 1. The first kappa shape index (κ1) is 14.8. The van der Waals surface area contributed by atoms with E-state index in [2.05, 4.69) is 40.1 Å². The van der Waals surface area contributed by atoms with Crippen LogP contribution in [0.1, 0.15) is 20.3 Å². The van der Waals surface area contributed by atoms with E-state index >= 15 is 0 Å². The summed E-state index contributed by atoms with van der Waals surface area (Å²) in [5, 5.41) is 14.0. The maximum absolute atomic E-state index is 10.9. The zero-order valence-electron chi connectivity index (χ0n) is 10.4. The van der Waals surface area contributed by atoms with Gasteiger partial charge in [-0.1, -0.05) is 13.8 Å². The number of nitro groups is 1. The summed E-state index contributed by atoms with van der Waals surface area (Å²) in [5.74, 6) is 0.722. The minimum atomic E-state index is -0.455. The van der Waals surface area contributed by atoms with Gasteiger partial charge in [-0.3, -0.25) is 10.1 Å². The maximum Gasteiger partial charge on any atom is 0.312 e. The lowest BCUT2D eigenvalue weighted by Crippen LogP contribution is -2.30. The average molecular weight is 317 g/mol. The molecule has 1 aromatic rings. The Morgan fingerprint density at radius 3 is 2.78 bits per heavy atom. The zero-order valence-corrected chi connectivity index (χ0v) is 12.0. The molecular formula is C11H17BrN4O2. The fourth-order valence-electron chi connectivity index (χ4n) is 1.66. The molecule has 0 spiro atoms. The summed E-state index contributed by atoms with van der Waals surface area (Å²) in [6.45, 7) is 4.56. The molecular weight excluding hydrogens is 300 g/mol. The first-order valence-corrected chi connectivity index (χ1v) is 6.49. The monoisotopic (exact) mass is 316 g/mol. The smallest absolute Gasteiger partial charge is 0.312 e. The lowest BCUT2D eigenvalue weighted by atomic mass is 10.0. The van der Waals surface area contributed by atoms with Crippen LogP contribution < -0.4 is 11.1 Å². The predicted octanol–water partition coefficient (Wildman–Crippen LogP) is 2.54. The molecule has 3 N–H and O–H groups in total. The van der Waals surface area contributed by atoms with Gasteiger partial charge >= 0.3 is 5.69 Å². The normalized spacial score (nSPS) is 12.5. The number of aromatic nitrogens is 1. The molecule has 1 atom stereocenters. The second-order valence-corrected chi connectivity index (χ2v) is 5.40. The highest BCUT2D eigenvalue weighted by atomic mass is 79.9. The molecule has 0 fully saturated rings. The minimum absolute atomic E-state index is 0.0163. The van der Waals surface area contributed by atoms with E-state index in [0.29, 0.717) is 16.9 Å². The first-order valence-electron chi connectivity index (χ1n) is 5.70. The second-order valence-electron chi connectivity index (χ2n) is 4.48.